The van der Waals surface area contributed by atoms with Gasteiger partial charge in [0.05, 0.1) is 11.4 Å². The van der Waals surface area contributed by atoms with Crippen molar-refractivity contribution in [3.63, 3.8) is 0 Å². The molecule has 0 aliphatic rings. The molecule has 0 bridgehead atoms. The minimum Gasteiger partial charge on any atom is -0.368 e. The first-order valence-electron chi connectivity index (χ1n) is 5.83. The number of anilines is 1. The van der Waals surface area contributed by atoms with Crippen molar-refractivity contribution in [3.8, 4) is 22.4 Å². The standard InChI is InChI=1S/C14H12N4S/c1-9-12(10-3-2-5-16-7-10)13(18-14(15)17-9)11-4-6-19-8-11/h2-8H,1H3,(H2,15,17,18). The van der Waals surface area contributed by atoms with Crippen molar-refractivity contribution in [3.05, 3.63) is 47.0 Å². The molecule has 0 spiro atoms. The van der Waals surface area contributed by atoms with Crippen LogP contribution in [0.5, 0.6) is 0 Å². The summed E-state index contributed by atoms with van der Waals surface area (Å²) in [7, 11) is 0. The summed E-state index contributed by atoms with van der Waals surface area (Å²) in [6.07, 6.45) is 3.57. The molecule has 3 rings (SSSR count). The minimum absolute atomic E-state index is 0.298. The zero-order chi connectivity index (χ0) is 13.2. The van der Waals surface area contributed by atoms with E-state index in [1.807, 2.05) is 36.7 Å². The number of aryl methyl sites for hydroxylation is 1. The van der Waals surface area contributed by atoms with Crippen LogP contribution in [0.1, 0.15) is 5.69 Å². The molecule has 0 fully saturated rings. The Bertz CT molecular complexity index is 693. The maximum Gasteiger partial charge on any atom is 0.220 e. The topological polar surface area (TPSA) is 64.7 Å². The molecule has 0 saturated heterocycles. The van der Waals surface area contributed by atoms with Gasteiger partial charge >= 0.3 is 0 Å². The van der Waals surface area contributed by atoms with Gasteiger partial charge in [0.25, 0.3) is 0 Å². The van der Waals surface area contributed by atoms with Crippen LogP contribution in [0, 0.1) is 6.92 Å². The average molecular weight is 268 g/mol. The molecule has 0 amide bonds. The predicted molar refractivity (Wildman–Crippen MR) is 77.7 cm³/mol. The molecule has 0 radical (unpaired) electrons. The Balaban J connectivity index is 2.29. The number of hydrogen-bond donors (Lipinski definition) is 1. The molecule has 0 aromatic carbocycles. The van der Waals surface area contributed by atoms with E-state index in [2.05, 4.69) is 20.3 Å². The van der Waals surface area contributed by atoms with E-state index in [0.29, 0.717) is 5.95 Å². The molecule has 0 aliphatic carbocycles. The highest BCUT2D eigenvalue weighted by Crippen LogP contribution is 2.33. The first-order chi connectivity index (χ1) is 9.25. The van der Waals surface area contributed by atoms with Crippen LogP contribution in [0.2, 0.25) is 0 Å². The third-order valence-corrected chi connectivity index (χ3v) is 3.54. The third kappa shape index (κ3) is 2.20. The lowest BCUT2D eigenvalue weighted by Crippen LogP contribution is -2.02. The first-order valence-corrected chi connectivity index (χ1v) is 6.77. The first kappa shape index (κ1) is 11.8. The summed E-state index contributed by atoms with van der Waals surface area (Å²) < 4.78 is 0. The van der Waals surface area contributed by atoms with Gasteiger partial charge in [-0.15, -0.1) is 0 Å². The van der Waals surface area contributed by atoms with Gasteiger partial charge in [-0.3, -0.25) is 4.98 Å². The van der Waals surface area contributed by atoms with Gasteiger partial charge < -0.3 is 5.73 Å². The molecule has 0 unspecified atom stereocenters. The molecule has 2 N–H and O–H groups in total. The highest BCUT2D eigenvalue weighted by atomic mass is 32.1. The molecule has 0 atom stereocenters. The summed E-state index contributed by atoms with van der Waals surface area (Å²) in [4.78, 5) is 12.8. The molecule has 19 heavy (non-hydrogen) atoms. The van der Waals surface area contributed by atoms with E-state index in [9.17, 15) is 0 Å². The van der Waals surface area contributed by atoms with Crippen LogP contribution in [-0.4, -0.2) is 15.0 Å². The second-order valence-electron chi connectivity index (χ2n) is 4.14. The van der Waals surface area contributed by atoms with Crippen molar-refractivity contribution in [2.75, 3.05) is 5.73 Å². The number of aromatic nitrogens is 3. The zero-order valence-electron chi connectivity index (χ0n) is 10.4. The molecule has 3 aromatic rings. The quantitative estimate of drug-likeness (QED) is 0.775. The Labute approximate surface area is 115 Å². The van der Waals surface area contributed by atoms with E-state index in [0.717, 1.165) is 28.1 Å². The smallest absolute Gasteiger partial charge is 0.220 e. The normalized spacial score (nSPS) is 10.6. The maximum atomic E-state index is 5.78. The van der Waals surface area contributed by atoms with E-state index in [1.54, 1.807) is 17.5 Å². The summed E-state index contributed by atoms with van der Waals surface area (Å²) >= 11 is 1.63. The molecule has 4 nitrogen and oxygen atoms in total. The van der Waals surface area contributed by atoms with Crippen molar-refractivity contribution in [2.24, 2.45) is 0 Å². The average Bonchev–Trinajstić information content (AvgIpc) is 2.92. The Morgan fingerprint density at radius 2 is 2.05 bits per heavy atom. The maximum absolute atomic E-state index is 5.78. The molecular formula is C14H12N4S. The highest BCUT2D eigenvalue weighted by molar-refractivity contribution is 7.08. The molecule has 5 heteroatoms. The van der Waals surface area contributed by atoms with Crippen LogP contribution >= 0.6 is 11.3 Å². The van der Waals surface area contributed by atoms with Crippen molar-refractivity contribution >= 4 is 17.3 Å². The van der Waals surface area contributed by atoms with Gasteiger partial charge in [0, 0.05) is 34.5 Å². The van der Waals surface area contributed by atoms with E-state index >= 15 is 0 Å². The lowest BCUT2D eigenvalue weighted by atomic mass is 10.0. The van der Waals surface area contributed by atoms with E-state index in [4.69, 9.17) is 5.73 Å². The van der Waals surface area contributed by atoms with Crippen molar-refractivity contribution < 1.29 is 0 Å². The fourth-order valence-corrected chi connectivity index (χ4v) is 2.70. The van der Waals surface area contributed by atoms with Gasteiger partial charge in [0.15, 0.2) is 0 Å². The van der Waals surface area contributed by atoms with Gasteiger partial charge in [-0.25, -0.2) is 9.97 Å². The zero-order valence-corrected chi connectivity index (χ0v) is 11.2. The van der Waals surface area contributed by atoms with Gasteiger partial charge in [0.1, 0.15) is 0 Å². The van der Waals surface area contributed by atoms with Gasteiger partial charge in [0.2, 0.25) is 5.95 Å². The minimum atomic E-state index is 0.298. The number of nitrogen functional groups attached to an aromatic ring is 1. The molecular weight excluding hydrogens is 256 g/mol. The Hall–Kier alpha value is -2.27. The van der Waals surface area contributed by atoms with Crippen molar-refractivity contribution in [2.45, 2.75) is 6.92 Å². The van der Waals surface area contributed by atoms with Crippen LogP contribution in [-0.2, 0) is 0 Å². The lowest BCUT2D eigenvalue weighted by molar-refractivity contribution is 1.12. The molecule has 3 aromatic heterocycles. The summed E-state index contributed by atoms with van der Waals surface area (Å²) in [5.74, 6) is 0.298. The summed E-state index contributed by atoms with van der Waals surface area (Å²) in [5.41, 5.74) is 10.5. The number of hydrogen-bond acceptors (Lipinski definition) is 5. The van der Waals surface area contributed by atoms with Gasteiger partial charge in [-0.2, -0.15) is 11.3 Å². The van der Waals surface area contributed by atoms with Crippen LogP contribution < -0.4 is 5.73 Å². The summed E-state index contributed by atoms with van der Waals surface area (Å²) in [6.45, 7) is 1.94. The molecule has 94 valence electrons. The van der Waals surface area contributed by atoms with E-state index in [1.165, 1.54) is 0 Å². The fourth-order valence-electron chi connectivity index (χ4n) is 2.06. The van der Waals surface area contributed by atoms with Crippen LogP contribution in [0.15, 0.2) is 41.4 Å². The number of nitrogens with zero attached hydrogens (tertiary/aromatic N) is 3. The number of thiophene rings is 1. The van der Waals surface area contributed by atoms with E-state index < -0.39 is 0 Å². The van der Waals surface area contributed by atoms with Crippen LogP contribution in [0.25, 0.3) is 22.4 Å². The largest absolute Gasteiger partial charge is 0.368 e. The van der Waals surface area contributed by atoms with Crippen LogP contribution in [0.3, 0.4) is 0 Å². The monoisotopic (exact) mass is 268 g/mol. The summed E-state index contributed by atoms with van der Waals surface area (Å²) in [5, 5.41) is 4.08. The SMILES string of the molecule is Cc1nc(N)nc(-c2ccsc2)c1-c1cccnc1. The molecule has 3 heterocycles. The fraction of sp³-hybridized carbons (Fsp3) is 0.0714. The second kappa shape index (κ2) is 4.78. The predicted octanol–water partition coefficient (Wildman–Crippen LogP) is 3.16. The second-order valence-corrected chi connectivity index (χ2v) is 4.92. The third-order valence-electron chi connectivity index (χ3n) is 2.85. The number of pyridine rings is 1. The highest BCUT2D eigenvalue weighted by Gasteiger charge is 2.14. The Morgan fingerprint density at radius 3 is 2.74 bits per heavy atom. The summed E-state index contributed by atoms with van der Waals surface area (Å²) in [6, 6.07) is 5.94. The Morgan fingerprint density at radius 1 is 1.16 bits per heavy atom. The van der Waals surface area contributed by atoms with E-state index in [-0.39, 0.29) is 0 Å². The number of rotatable bonds is 2. The Kier molecular flexibility index (Phi) is 2.97. The van der Waals surface area contributed by atoms with Gasteiger partial charge in [-0.1, -0.05) is 6.07 Å². The molecule has 0 aliphatic heterocycles. The van der Waals surface area contributed by atoms with Crippen LogP contribution in [0.4, 0.5) is 5.95 Å². The van der Waals surface area contributed by atoms with Crippen molar-refractivity contribution in [1.29, 1.82) is 0 Å². The number of nitrogens with two attached hydrogens (primary N) is 1. The lowest BCUT2D eigenvalue weighted by Gasteiger charge is -2.11. The van der Waals surface area contributed by atoms with Crippen molar-refractivity contribution in [1.82, 2.24) is 15.0 Å². The molecule has 0 saturated carbocycles. The van der Waals surface area contributed by atoms with Gasteiger partial charge in [-0.05, 0) is 24.4 Å².